The third-order valence-corrected chi connectivity index (χ3v) is 2.42. The summed E-state index contributed by atoms with van der Waals surface area (Å²) in [6.07, 6.45) is -0.0452. The van der Waals surface area contributed by atoms with Crippen LogP contribution in [0, 0.1) is 17.5 Å². The molecule has 0 fully saturated rings. The van der Waals surface area contributed by atoms with Gasteiger partial charge in [0.15, 0.2) is 0 Å². The van der Waals surface area contributed by atoms with Crippen LogP contribution in [0.25, 0.3) is 0 Å². The van der Waals surface area contributed by atoms with Crippen molar-refractivity contribution in [3.63, 3.8) is 0 Å². The lowest BCUT2D eigenvalue weighted by molar-refractivity contribution is 0.0685. The lowest BCUT2D eigenvalue weighted by Gasteiger charge is -2.11. The first-order chi connectivity index (χ1) is 7.45. The van der Waals surface area contributed by atoms with E-state index < -0.39 is 29.0 Å². The summed E-state index contributed by atoms with van der Waals surface area (Å²) in [7, 11) is 0. The van der Waals surface area contributed by atoms with Gasteiger partial charge in [0.1, 0.15) is 23.0 Å². The number of hydrogen-bond acceptors (Lipinski definition) is 1. The van der Waals surface area contributed by atoms with Crippen molar-refractivity contribution in [3.8, 4) is 0 Å². The second kappa shape index (κ2) is 4.55. The molecule has 0 heterocycles. The molecule has 0 aliphatic heterocycles. The molecule has 0 bridgehead atoms. The Kier molecular flexibility index (Phi) is 3.57. The predicted octanol–water partition coefficient (Wildman–Crippen LogP) is 2.93. The second-order valence-electron chi connectivity index (χ2n) is 3.29. The molecular formula is C11H11F3O2. The van der Waals surface area contributed by atoms with Gasteiger partial charge in [0.2, 0.25) is 0 Å². The van der Waals surface area contributed by atoms with Crippen molar-refractivity contribution in [2.24, 2.45) is 0 Å². The van der Waals surface area contributed by atoms with Crippen molar-refractivity contribution in [1.82, 2.24) is 0 Å². The maximum absolute atomic E-state index is 13.6. The van der Waals surface area contributed by atoms with E-state index in [0.717, 1.165) is 0 Å². The van der Waals surface area contributed by atoms with Gasteiger partial charge in [-0.25, -0.2) is 18.0 Å². The molecular weight excluding hydrogens is 221 g/mol. The maximum Gasteiger partial charge on any atom is 0.341 e. The molecule has 0 unspecified atom stereocenters. The van der Waals surface area contributed by atoms with E-state index >= 15 is 0 Å². The fraction of sp³-hybridized carbons (Fsp3) is 0.364. The summed E-state index contributed by atoms with van der Waals surface area (Å²) in [6.45, 7) is 2.95. The van der Waals surface area contributed by atoms with Crippen LogP contribution in [0.4, 0.5) is 13.2 Å². The van der Waals surface area contributed by atoms with Gasteiger partial charge in [-0.15, -0.1) is 0 Å². The summed E-state index contributed by atoms with van der Waals surface area (Å²) in [5.74, 6) is -5.34. The molecule has 5 heteroatoms. The topological polar surface area (TPSA) is 37.3 Å². The summed E-state index contributed by atoms with van der Waals surface area (Å²) in [5.41, 5.74) is -1.83. The molecule has 1 aromatic rings. The number of halogens is 3. The minimum Gasteiger partial charge on any atom is -0.477 e. The smallest absolute Gasteiger partial charge is 0.341 e. The molecule has 0 aliphatic carbocycles. The lowest BCUT2D eigenvalue weighted by Crippen LogP contribution is -2.13. The fourth-order valence-electron chi connectivity index (χ4n) is 1.58. The summed E-state index contributed by atoms with van der Waals surface area (Å²) < 4.78 is 40.6. The summed E-state index contributed by atoms with van der Waals surface area (Å²) in [4.78, 5) is 10.7. The van der Waals surface area contributed by atoms with E-state index in [9.17, 15) is 18.0 Å². The van der Waals surface area contributed by atoms with Crippen LogP contribution in [0.1, 0.15) is 35.3 Å². The van der Waals surface area contributed by atoms with Gasteiger partial charge in [-0.2, -0.15) is 0 Å². The van der Waals surface area contributed by atoms with Gasteiger partial charge in [-0.05, 0) is 12.8 Å². The van der Waals surface area contributed by atoms with Gasteiger partial charge in [0.05, 0.1) is 0 Å². The molecule has 1 N–H and O–H groups in total. The minimum atomic E-state index is -1.72. The fourth-order valence-corrected chi connectivity index (χ4v) is 1.58. The molecule has 0 saturated carbocycles. The van der Waals surface area contributed by atoms with E-state index in [1.54, 1.807) is 0 Å². The molecule has 1 rings (SSSR count). The normalized spacial score (nSPS) is 10.6. The highest BCUT2D eigenvalue weighted by molar-refractivity contribution is 5.89. The third-order valence-electron chi connectivity index (χ3n) is 2.42. The van der Waals surface area contributed by atoms with Crippen LogP contribution < -0.4 is 0 Å². The molecule has 1 aromatic carbocycles. The highest BCUT2D eigenvalue weighted by Gasteiger charge is 2.26. The van der Waals surface area contributed by atoms with Gasteiger partial charge < -0.3 is 5.11 Å². The van der Waals surface area contributed by atoms with Crippen molar-refractivity contribution in [3.05, 3.63) is 34.1 Å². The predicted molar refractivity (Wildman–Crippen MR) is 52.0 cm³/mol. The third kappa shape index (κ3) is 1.77. The van der Waals surface area contributed by atoms with E-state index in [0.29, 0.717) is 0 Å². The highest BCUT2D eigenvalue weighted by Crippen LogP contribution is 2.26. The van der Waals surface area contributed by atoms with Crippen LogP contribution in [0.5, 0.6) is 0 Å². The van der Waals surface area contributed by atoms with Crippen LogP contribution in [-0.4, -0.2) is 11.1 Å². The Labute approximate surface area is 90.7 Å². The maximum atomic E-state index is 13.6. The van der Waals surface area contributed by atoms with Gasteiger partial charge in [0.25, 0.3) is 0 Å². The van der Waals surface area contributed by atoms with Gasteiger partial charge in [-0.3, -0.25) is 0 Å². The molecule has 0 aromatic heterocycles. The molecule has 0 aliphatic rings. The van der Waals surface area contributed by atoms with E-state index in [1.807, 2.05) is 0 Å². The van der Waals surface area contributed by atoms with E-state index in [2.05, 4.69) is 0 Å². The zero-order valence-electron chi connectivity index (χ0n) is 8.90. The average molecular weight is 232 g/mol. The number of aromatic carboxylic acids is 1. The van der Waals surface area contributed by atoms with Crippen molar-refractivity contribution in [2.75, 3.05) is 0 Å². The lowest BCUT2D eigenvalue weighted by atomic mass is 9.99. The Morgan fingerprint density at radius 1 is 1.00 bits per heavy atom. The molecule has 88 valence electrons. The second-order valence-corrected chi connectivity index (χ2v) is 3.29. The number of carbonyl (C=O) groups is 1. The molecule has 0 amide bonds. The monoisotopic (exact) mass is 232 g/mol. The van der Waals surface area contributed by atoms with Crippen LogP contribution in [0.15, 0.2) is 0 Å². The Morgan fingerprint density at radius 3 is 1.62 bits per heavy atom. The molecule has 16 heavy (non-hydrogen) atoms. The minimum absolute atomic E-state index is 0.0226. The Morgan fingerprint density at radius 2 is 1.38 bits per heavy atom. The van der Waals surface area contributed by atoms with Crippen LogP contribution in [-0.2, 0) is 12.8 Å². The quantitative estimate of drug-likeness (QED) is 0.869. The van der Waals surface area contributed by atoms with Crippen LogP contribution in [0.2, 0.25) is 0 Å². The van der Waals surface area contributed by atoms with Crippen molar-refractivity contribution in [2.45, 2.75) is 26.7 Å². The zero-order valence-corrected chi connectivity index (χ0v) is 8.90. The van der Waals surface area contributed by atoms with E-state index in [-0.39, 0.29) is 24.0 Å². The van der Waals surface area contributed by atoms with E-state index in [4.69, 9.17) is 5.11 Å². The number of carboxylic acid groups (broad SMARTS) is 1. The largest absolute Gasteiger partial charge is 0.477 e. The molecule has 0 atom stereocenters. The van der Waals surface area contributed by atoms with Crippen molar-refractivity contribution >= 4 is 5.97 Å². The average Bonchev–Trinajstić information content (AvgIpc) is 2.18. The van der Waals surface area contributed by atoms with Gasteiger partial charge in [-0.1, -0.05) is 13.8 Å². The standard InChI is InChI=1S/C11H11F3O2/c1-3-5-8(12)6(4-2)10(14)7(9(5)13)11(15)16/h3-4H2,1-2H3,(H,15,16). The van der Waals surface area contributed by atoms with Crippen LogP contribution in [0.3, 0.4) is 0 Å². The van der Waals surface area contributed by atoms with Crippen molar-refractivity contribution in [1.29, 1.82) is 0 Å². The molecule has 0 spiro atoms. The summed E-state index contributed by atoms with van der Waals surface area (Å²) in [6, 6.07) is 0. The Balaban J connectivity index is 3.70. The molecule has 0 radical (unpaired) electrons. The first-order valence-corrected chi connectivity index (χ1v) is 4.87. The Hall–Kier alpha value is -1.52. The summed E-state index contributed by atoms with van der Waals surface area (Å²) >= 11 is 0. The number of benzene rings is 1. The van der Waals surface area contributed by atoms with Crippen LogP contribution >= 0.6 is 0 Å². The Bertz CT molecular complexity index is 410. The SMILES string of the molecule is CCc1c(F)c(CC)c(F)c(C(=O)O)c1F. The molecule has 0 saturated heterocycles. The number of carboxylic acids is 1. The molecule has 2 nitrogen and oxygen atoms in total. The highest BCUT2D eigenvalue weighted by atomic mass is 19.1. The number of rotatable bonds is 3. The van der Waals surface area contributed by atoms with E-state index in [1.165, 1.54) is 13.8 Å². The van der Waals surface area contributed by atoms with Crippen molar-refractivity contribution < 1.29 is 23.1 Å². The van der Waals surface area contributed by atoms with Gasteiger partial charge in [0, 0.05) is 11.1 Å². The number of hydrogen-bond donors (Lipinski definition) is 1. The first-order valence-electron chi connectivity index (χ1n) is 4.87. The zero-order chi connectivity index (χ0) is 12.5. The summed E-state index contributed by atoms with van der Waals surface area (Å²) in [5, 5.41) is 8.67. The van der Waals surface area contributed by atoms with Gasteiger partial charge >= 0.3 is 5.97 Å². The first kappa shape index (κ1) is 12.5.